The molecule has 2 N–H and O–H groups in total. The fourth-order valence-corrected chi connectivity index (χ4v) is 2.44. The molecule has 0 spiro atoms. The van der Waals surface area contributed by atoms with Gasteiger partial charge in [-0.2, -0.15) is 0 Å². The van der Waals surface area contributed by atoms with E-state index >= 15 is 0 Å². The molecule has 0 saturated heterocycles. The molecule has 2 aromatic rings. The molecule has 0 heterocycles. The van der Waals surface area contributed by atoms with Crippen LogP contribution in [0.2, 0.25) is 0 Å². The van der Waals surface area contributed by atoms with Gasteiger partial charge in [0, 0.05) is 12.6 Å². The Kier molecular flexibility index (Phi) is 5.71. The first-order valence-electron chi connectivity index (χ1n) is 6.51. The molecule has 0 amide bonds. The van der Waals surface area contributed by atoms with E-state index in [9.17, 15) is 9.50 Å². The third-order valence-corrected chi connectivity index (χ3v) is 3.73. The second-order valence-corrected chi connectivity index (χ2v) is 5.55. The summed E-state index contributed by atoms with van der Waals surface area (Å²) in [5.41, 5.74) is 2.16. The Hall–Kier alpha value is -1.23. The van der Waals surface area contributed by atoms with Crippen molar-refractivity contribution in [1.29, 1.82) is 0 Å². The molecule has 2 nitrogen and oxygen atoms in total. The first-order valence-corrected chi connectivity index (χ1v) is 7.30. The van der Waals surface area contributed by atoms with E-state index in [0.29, 0.717) is 11.0 Å². The normalized spacial score (nSPS) is 12.3. The lowest BCUT2D eigenvalue weighted by atomic mass is 10.1. The van der Waals surface area contributed by atoms with Crippen LogP contribution in [0, 0.1) is 5.82 Å². The fourth-order valence-electron chi connectivity index (χ4n) is 2.01. The van der Waals surface area contributed by atoms with Gasteiger partial charge in [0.2, 0.25) is 0 Å². The Bertz CT molecular complexity index is 547. The number of aliphatic hydroxyl groups is 1. The molecule has 1 atom stereocenters. The van der Waals surface area contributed by atoms with Gasteiger partial charge < -0.3 is 10.4 Å². The summed E-state index contributed by atoms with van der Waals surface area (Å²) in [6, 6.07) is 14.9. The standard InChI is InChI=1S/C16H17BrFNO/c17-15-9-13(6-7-16(15)18)10-19-14(11-20)8-12-4-2-1-3-5-12/h1-7,9,14,19-20H,8,10-11H2. The molecule has 0 aliphatic carbocycles. The van der Waals surface area contributed by atoms with E-state index in [0.717, 1.165) is 12.0 Å². The Balaban J connectivity index is 1.92. The molecule has 106 valence electrons. The highest BCUT2D eigenvalue weighted by Gasteiger charge is 2.08. The van der Waals surface area contributed by atoms with E-state index in [4.69, 9.17) is 0 Å². The second kappa shape index (κ2) is 7.53. The van der Waals surface area contributed by atoms with Crippen LogP contribution in [-0.4, -0.2) is 17.8 Å². The van der Waals surface area contributed by atoms with Gasteiger partial charge in [-0.05, 0) is 45.6 Å². The summed E-state index contributed by atoms with van der Waals surface area (Å²) in [7, 11) is 0. The minimum atomic E-state index is -0.267. The van der Waals surface area contributed by atoms with Gasteiger partial charge in [0.25, 0.3) is 0 Å². The fraction of sp³-hybridized carbons (Fsp3) is 0.250. The van der Waals surface area contributed by atoms with Crippen molar-refractivity contribution in [2.24, 2.45) is 0 Å². The Labute approximate surface area is 126 Å². The highest BCUT2D eigenvalue weighted by molar-refractivity contribution is 9.10. The maximum absolute atomic E-state index is 13.1. The van der Waals surface area contributed by atoms with Crippen molar-refractivity contribution in [1.82, 2.24) is 5.32 Å². The molecule has 20 heavy (non-hydrogen) atoms. The summed E-state index contributed by atoms with van der Waals surface area (Å²) in [6.07, 6.45) is 0.764. The van der Waals surface area contributed by atoms with Gasteiger partial charge in [-0.3, -0.25) is 0 Å². The van der Waals surface area contributed by atoms with E-state index < -0.39 is 0 Å². The van der Waals surface area contributed by atoms with Crippen LogP contribution in [0.5, 0.6) is 0 Å². The van der Waals surface area contributed by atoms with Gasteiger partial charge >= 0.3 is 0 Å². The average Bonchev–Trinajstić information content (AvgIpc) is 2.48. The van der Waals surface area contributed by atoms with Crippen LogP contribution < -0.4 is 5.32 Å². The van der Waals surface area contributed by atoms with Crippen LogP contribution in [0.1, 0.15) is 11.1 Å². The smallest absolute Gasteiger partial charge is 0.137 e. The molecule has 2 rings (SSSR count). The van der Waals surface area contributed by atoms with Crippen molar-refractivity contribution >= 4 is 15.9 Å². The van der Waals surface area contributed by atoms with Crippen LogP contribution in [-0.2, 0) is 13.0 Å². The molecular formula is C16H17BrFNO. The molecule has 0 aliphatic rings. The summed E-state index contributed by atoms with van der Waals surface area (Å²) in [5, 5.41) is 12.7. The molecule has 2 aromatic carbocycles. The summed E-state index contributed by atoms with van der Waals surface area (Å²) in [4.78, 5) is 0. The van der Waals surface area contributed by atoms with Crippen molar-refractivity contribution in [2.75, 3.05) is 6.61 Å². The summed E-state index contributed by atoms with van der Waals surface area (Å²) in [5.74, 6) is -0.267. The second-order valence-electron chi connectivity index (χ2n) is 4.70. The summed E-state index contributed by atoms with van der Waals surface area (Å²) < 4.78 is 13.6. The number of nitrogens with one attached hydrogen (secondary N) is 1. The SMILES string of the molecule is OCC(Cc1ccccc1)NCc1ccc(F)c(Br)c1. The molecular weight excluding hydrogens is 321 g/mol. The lowest BCUT2D eigenvalue weighted by Crippen LogP contribution is -2.34. The van der Waals surface area contributed by atoms with Gasteiger partial charge in [-0.1, -0.05) is 36.4 Å². The number of halogens is 2. The van der Waals surface area contributed by atoms with Crippen molar-refractivity contribution in [2.45, 2.75) is 19.0 Å². The third-order valence-electron chi connectivity index (χ3n) is 3.12. The number of aliphatic hydroxyl groups excluding tert-OH is 1. The molecule has 0 fully saturated rings. The van der Waals surface area contributed by atoms with E-state index in [2.05, 4.69) is 21.2 Å². The van der Waals surface area contributed by atoms with Crippen LogP contribution in [0.25, 0.3) is 0 Å². The topological polar surface area (TPSA) is 32.3 Å². The number of hydrogen-bond acceptors (Lipinski definition) is 2. The average molecular weight is 338 g/mol. The minimum absolute atomic E-state index is 0.0128. The van der Waals surface area contributed by atoms with Gasteiger partial charge in [0.05, 0.1) is 11.1 Å². The predicted octanol–water partition coefficient (Wildman–Crippen LogP) is 3.28. The summed E-state index contributed by atoms with van der Waals surface area (Å²) in [6.45, 7) is 0.661. The van der Waals surface area contributed by atoms with E-state index in [1.807, 2.05) is 30.3 Å². The lowest BCUT2D eigenvalue weighted by molar-refractivity contribution is 0.241. The number of hydrogen-bond donors (Lipinski definition) is 2. The van der Waals surface area contributed by atoms with Crippen LogP contribution >= 0.6 is 15.9 Å². The molecule has 0 bridgehead atoms. The van der Waals surface area contributed by atoms with Gasteiger partial charge in [0.1, 0.15) is 5.82 Å². The summed E-state index contributed by atoms with van der Waals surface area (Å²) >= 11 is 3.17. The number of rotatable bonds is 6. The van der Waals surface area contributed by atoms with Gasteiger partial charge in [-0.25, -0.2) is 4.39 Å². The highest BCUT2D eigenvalue weighted by Crippen LogP contribution is 2.16. The van der Waals surface area contributed by atoms with Crippen molar-refractivity contribution < 1.29 is 9.50 Å². The largest absolute Gasteiger partial charge is 0.395 e. The minimum Gasteiger partial charge on any atom is -0.395 e. The van der Waals surface area contributed by atoms with Crippen molar-refractivity contribution in [3.63, 3.8) is 0 Å². The Morgan fingerprint density at radius 3 is 2.50 bits per heavy atom. The molecule has 0 radical (unpaired) electrons. The molecule has 4 heteroatoms. The van der Waals surface area contributed by atoms with E-state index in [-0.39, 0.29) is 18.5 Å². The highest BCUT2D eigenvalue weighted by atomic mass is 79.9. The zero-order chi connectivity index (χ0) is 14.4. The molecule has 1 unspecified atom stereocenters. The van der Waals surface area contributed by atoms with Crippen molar-refractivity contribution in [3.05, 3.63) is 69.9 Å². The van der Waals surface area contributed by atoms with Gasteiger partial charge in [-0.15, -0.1) is 0 Å². The zero-order valence-corrected chi connectivity index (χ0v) is 12.6. The Morgan fingerprint density at radius 1 is 1.10 bits per heavy atom. The van der Waals surface area contributed by atoms with Crippen LogP contribution in [0.3, 0.4) is 0 Å². The maximum Gasteiger partial charge on any atom is 0.137 e. The Morgan fingerprint density at radius 2 is 1.85 bits per heavy atom. The van der Waals surface area contributed by atoms with E-state index in [1.54, 1.807) is 12.1 Å². The predicted molar refractivity (Wildman–Crippen MR) is 82.0 cm³/mol. The zero-order valence-electron chi connectivity index (χ0n) is 11.0. The van der Waals surface area contributed by atoms with E-state index in [1.165, 1.54) is 11.6 Å². The first kappa shape index (κ1) is 15.2. The number of benzene rings is 2. The molecule has 0 aromatic heterocycles. The van der Waals surface area contributed by atoms with Crippen molar-refractivity contribution in [3.8, 4) is 0 Å². The quantitative estimate of drug-likeness (QED) is 0.847. The monoisotopic (exact) mass is 337 g/mol. The first-order chi connectivity index (χ1) is 9.69. The third kappa shape index (κ3) is 4.40. The van der Waals surface area contributed by atoms with Crippen LogP contribution in [0.15, 0.2) is 53.0 Å². The van der Waals surface area contributed by atoms with Gasteiger partial charge in [0.15, 0.2) is 0 Å². The molecule has 0 saturated carbocycles. The molecule has 0 aliphatic heterocycles. The van der Waals surface area contributed by atoms with Crippen LogP contribution in [0.4, 0.5) is 4.39 Å². The maximum atomic E-state index is 13.1. The lowest BCUT2D eigenvalue weighted by Gasteiger charge is -2.16.